The molecule has 3 atom stereocenters. The lowest BCUT2D eigenvalue weighted by atomic mass is 9.98. The van der Waals surface area contributed by atoms with Crippen LogP contribution in [0.25, 0.3) is 0 Å². The first-order chi connectivity index (χ1) is 7.88. The van der Waals surface area contributed by atoms with E-state index in [1.807, 2.05) is 0 Å². The van der Waals surface area contributed by atoms with Crippen LogP contribution in [0.15, 0.2) is 0 Å². The van der Waals surface area contributed by atoms with Gasteiger partial charge in [0.05, 0.1) is 18.8 Å². The lowest BCUT2D eigenvalue weighted by Gasteiger charge is -2.40. The summed E-state index contributed by atoms with van der Waals surface area (Å²) in [4.78, 5) is 25.5. The molecular formula is C11H18N2O4. The van der Waals surface area contributed by atoms with Crippen LogP contribution < -0.4 is 5.32 Å². The molecular weight excluding hydrogens is 224 g/mol. The molecule has 0 aliphatic carbocycles. The average molecular weight is 242 g/mol. The fourth-order valence-corrected chi connectivity index (χ4v) is 2.36. The molecule has 2 aliphatic rings. The highest BCUT2D eigenvalue weighted by Crippen LogP contribution is 2.30. The number of hydrogen-bond acceptors (Lipinski definition) is 5. The minimum Gasteiger partial charge on any atom is -0.467 e. The monoisotopic (exact) mass is 242 g/mol. The number of carbonyl (C=O) groups excluding carboxylic acids is 2. The Balaban J connectivity index is 2.30. The third-order valence-corrected chi connectivity index (χ3v) is 3.36. The van der Waals surface area contributed by atoms with Gasteiger partial charge in [-0.25, -0.2) is 4.79 Å². The van der Waals surface area contributed by atoms with E-state index in [0.29, 0.717) is 6.54 Å². The Kier molecular flexibility index (Phi) is 2.87. The number of rotatable bonds is 1. The summed E-state index contributed by atoms with van der Waals surface area (Å²) in [5, 5.41) is 3.11. The lowest BCUT2D eigenvalue weighted by molar-refractivity contribution is -0.158. The van der Waals surface area contributed by atoms with Crippen LogP contribution in [0.2, 0.25) is 0 Å². The predicted octanol–water partition coefficient (Wildman–Crippen LogP) is -0.517. The van der Waals surface area contributed by atoms with Crippen molar-refractivity contribution in [3.8, 4) is 0 Å². The number of hydrogen-bond donors (Lipinski definition) is 1. The fraction of sp³-hybridized carbons (Fsp3) is 0.818. The highest BCUT2D eigenvalue weighted by Gasteiger charge is 2.53. The molecule has 6 nitrogen and oxygen atoms in total. The van der Waals surface area contributed by atoms with E-state index in [4.69, 9.17) is 9.47 Å². The zero-order valence-electron chi connectivity index (χ0n) is 10.5. The Morgan fingerprint density at radius 3 is 2.82 bits per heavy atom. The minimum absolute atomic E-state index is 0.131. The molecule has 0 spiro atoms. The fourth-order valence-electron chi connectivity index (χ4n) is 2.36. The van der Waals surface area contributed by atoms with Gasteiger partial charge in [0.25, 0.3) is 0 Å². The highest BCUT2D eigenvalue weighted by molar-refractivity contribution is 5.91. The number of amides is 1. The van der Waals surface area contributed by atoms with Crippen LogP contribution in [0.5, 0.6) is 0 Å². The van der Waals surface area contributed by atoms with Gasteiger partial charge < -0.3 is 9.47 Å². The third kappa shape index (κ3) is 1.81. The normalized spacial score (nSPS) is 35.6. The van der Waals surface area contributed by atoms with Gasteiger partial charge in [-0.2, -0.15) is 0 Å². The van der Waals surface area contributed by atoms with Crippen molar-refractivity contribution in [1.82, 2.24) is 10.2 Å². The minimum atomic E-state index is -0.670. The number of fused-ring (bicyclic) bond motifs is 1. The number of nitrogens with zero attached hydrogens (tertiary/aromatic N) is 1. The second-order valence-electron chi connectivity index (χ2n) is 4.98. The van der Waals surface area contributed by atoms with Crippen LogP contribution in [-0.2, 0) is 19.1 Å². The second-order valence-corrected chi connectivity index (χ2v) is 4.98. The molecule has 2 heterocycles. The number of ether oxygens (including phenoxy) is 2. The summed E-state index contributed by atoms with van der Waals surface area (Å²) < 4.78 is 10.3. The first-order valence-corrected chi connectivity index (χ1v) is 5.69. The quantitative estimate of drug-likeness (QED) is 0.627. The van der Waals surface area contributed by atoms with E-state index < -0.39 is 17.6 Å². The smallest absolute Gasteiger partial charge is 0.331 e. The Hall–Kier alpha value is -1.14. The van der Waals surface area contributed by atoms with Crippen molar-refractivity contribution < 1.29 is 19.1 Å². The SMILES string of the molecule is COC(=O)[C@@H]1[C@@H](C)O[C@H]2CNC(C)(C)C(=O)N21. The second kappa shape index (κ2) is 3.96. The van der Waals surface area contributed by atoms with E-state index in [1.165, 1.54) is 12.0 Å². The first kappa shape index (κ1) is 12.3. The Morgan fingerprint density at radius 1 is 1.59 bits per heavy atom. The summed E-state index contributed by atoms with van der Waals surface area (Å²) in [5.41, 5.74) is -0.670. The molecule has 0 aromatic heterocycles. The third-order valence-electron chi connectivity index (χ3n) is 3.36. The van der Waals surface area contributed by atoms with Gasteiger partial charge in [-0.05, 0) is 20.8 Å². The molecule has 96 valence electrons. The zero-order valence-corrected chi connectivity index (χ0v) is 10.5. The van der Waals surface area contributed by atoms with Crippen LogP contribution in [0.1, 0.15) is 20.8 Å². The van der Waals surface area contributed by atoms with Crippen molar-refractivity contribution in [2.45, 2.75) is 44.7 Å². The van der Waals surface area contributed by atoms with Crippen molar-refractivity contribution in [3.05, 3.63) is 0 Å². The van der Waals surface area contributed by atoms with Crippen molar-refractivity contribution in [2.24, 2.45) is 0 Å². The topological polar surface area (TPSA) is 67.9 Å². The van der Waals surface area contributed by atoms with E-state index >= 15 is 0 Å². The maximum atomic E-state index is 12.3. The lowest BCUT2D eigenvalue weighted by Crippen LogP contribution is -2.66. The summed E-state index contributed by atoms with van der Waals surface area (Å²) in [7, 11) is 1.32. The van der Waals surface area contributed by atoms with Gasteiger partial charge in [0.2, 0.25) is 5.91 Å². The summed E-state index contributed by atoms with van der Waals surface area (Å²) in [6.45, 7) is 5.89. The molecule has 2 rings (SSSR count). The largest absolute Gasteiger partial charge is 0.467 e. The van der Waals surface area contributed by atoms with Crippen molar-refractivity contribution in [3.63, 3.8) is 0 Å². The van der Waals surface area contributed by atoms with Gasteiger partial charge in [0.15, 0.2) is 6.04 Å². The Labute approximate surface area is 100 Å². The summed E-state index contributed by atoms with van der Waals surface area (Å²) in [6, 6.07) is -0.640. The number of piperazine rings is 1. The molecule has 0 aromatic carbocycles. The maximum Gasteiger partial charge on any atom is 0.331 e. The molecule has 0 aromatic rings. The molecule has 0 unspecified atom stereocenters. The standard InChI is InChI=1S/C11H18N2O4/c1-6-8(9(14)16-4)13-7(17-6)5-12-11(2,3)10(13)15/h6-8,12H,5H2,1-4H3/t6-,7+,8+/m1/s1. The van der Waals surface area contributed by atoms with Crippen LogP contribution >= 0.6 is 0 Å². The Bertz CT molecular complexity index is 355. The first-order valence-electron chi connectivity index (χ1n) is 5.69. The Morgan fingerprint density at radius 2 is 2.24 bits per heavy atom. The maximum absolute atomic E-state index is 12.3. The molecule has 2 saturated heterocycles. The van der Waals surface area contributed by atoms with Crippen LogP contribution in [0.3, 0.4) is 0 Å². The van der Waals surface area contributed by atoms with Crippen LogP contribution in [0.4, 0.5) is 0 Å². The predicted molar refractivity (Wildman–Crippen MR) is 59.1 cm³/mol. The molecule has 0 radical (unpaired) electrons. The van der Waals surface area contributed by atoms with E-state index in [0.717, 1.165) is 0 Å². The van der Waals surface area contributed by atoms with Gasteiger partial charge in [0, 0.05) is 6.54 Å². The molecule has 0 saturated carbocycles. The summed E-state index contributed by atoms with van der Waals surface area (Å²) in [5.74, 6) is -0.556. The summed E-state index contributed by atoms with van der Waals surface area (Å²) in [6.07, 6.45) is -0.721. The van der Waals surface area contributed by atoms with E-state index in [-0.39, 0.29) is 18.2 Å². The summed E-state index contributed by atoms with van der Waals surface area (Å²) >= 11 is 0. The number of nitrogens with one attached hydrogen (secondary N) is 1. The van der Waals surface area contributed by atoms with Crippen LogP contribution in [0, 0.1) is 0 Å². The molecule has 1 amide bonds. The molecule has 6 heteroatoms. The average Bonchev–Trinajstić information content (AvgIpc) is 2.60. The number of methoxy groups -OCH3 is 1. The van der Waals surface area contributed by atoms with Gasteiger partial charge in [-0.3, -0.25) is 15.0 Å². The molecule has 2 fully saturated rings. The van der Waals surface area contributed by atoms with Crippen molar-refractivity contribution >= 4 is 11.9 Å². The van der Waals surface area contributed by atoms with Crippen molar-refractivity contribution in [2.75, 3.05) is 13.7 Å². The van der Waals surface area contributed by atoms with E-state index in [2.05, 4.69) is 5.32 Å². The van der Waals surface area contributed by atoms with E-state index in [1.54, 1.807) is 20.8 Å². The molecule has 1 N–H and O–H groups in total. The number of carbonyl (C=O) groups is 2. The van der Waals surface area contributed by atoms with Crippen LogP contribution in [-0.4, -0.2) is 54.3 Å². The molecule has 2 aliphatic heterocycles. The zero-order chi connectivity index (χ0) is 12.8. The van der Waals surface area contributed by atoms with Crippen molar-refractivity contribution in [1.29, 1.82) is 0 Å². The molecule has 17 heavy (non-hydrogen) atoms. The van der Waals surface area contributed by atoms with Gasteiger partial charge in [0.1, 0.15) is 6.23 Å². The number of esters is 1. The molecule has 0 bridgehead atoms. The highest BCUT2D eigenvalue weighted by atomic mass is 16.6. The van der Waals surface area contributed by atoms with Gasteiger partial charge in [-0.15, -0.1) is 0 Å². The van der Waals surface area contributed by atoms with E-state index in [9.17, 15) is 9.59 Å². The van der Waals surface area contributed by atoms with Gasteiger partial charge in [-0.1, -0.05) is 0 Å². The van der Waals surface area contributed by atoms with Gasteiger partial charge >= 0.3 is 5.97 Å².